The summed E-state index contributed by atoms with van der Waals surface area (Å²) in [7, 11) is 1.85. The molecular formula is C11H23N3O. The van der Waals surface area contributed by atoms with Crippen molar-refractivity contribution < 1.29 is 4.79 Å². The zero-order valence-electron chi connectivity index (χ0n) is 9.88. The van der Waals surface area contributed by atoms with E-state index in [0.717, 1.165) is 19.5 Å². The highest BCUT2D eigenvalue weighted by Crippen LogP contribution is 2.10. The Balaban J connectivity index is 2.14. The van der Waals surface area contributed by atoms with Gasteiger partial charge in [-0.1, -0.05) is 6.42 Å². The van der Waals surface area contributed by atoms with E-state index in [1.807, 2.05) is 14.0 Å². The Hall–Kier alpha value is -0.770. The van der Waals surface area contributed by atoms with E-state index in [0.29, 0.717) is 12.6 Å². The number of hydrogen-bond acceptors (Lipinski definition) is 2. The maximum Gasteiger partial charge on any atom is 0.317 e. The maximum absolute atomic E-state index is 11.4. The Kier molecular flexibility index (Phi) is 5.47. The second kappa shape index (κ2) is 6.67. The standard InChI is InChI=1S/C11H23N3O/c1-3-12-11(15)14(2)9-7-10-6-4-5-8-13-10/h10,13H,3-9H2,1-2H3,(H,12,15). The Morgan fingerprint density at radius 1 is 1.53 bits per heavy atom. The van der Waals surface area contributed by atoms with E-state index >= 15 is 0 Å². The summed E-state index contributed by atoms with van der Waals surface area (Å²) < 4.78 is 0. The summed E-state index contributed by atoms with van der Waals surface area (Å²) in [6, 6.07) is 0.643. The van der Waals surface area contributed by atoms with Crippen LogP contribution in [-0.2, 0) is 0 Å². The normalized spacial score (nSPS) is 21.1. The molecule has 0 bridgehead atoms. The summed E-state index contributed by atoms with van der Waals surface area (Å²) in [6.07, 6.45) is 4.93. The number of urea groups is 1. The summed E-state index contributed by atoms with van der Waals surface area (Å²) in [5.41, 5.74) is 0. The molecule has 1 fully saturated rings. The van der Waals surface area contributed by atoms with Gasteiger partial charge in [0.2, 0.25) is 0 Å². The highest BCUT2D eigenvalue weighted by molar-refractivity contribution is 5.73. The molecule has 1 aliphatic rings. The third kappa shape index (κ3) is 4.51. The Morgan fingerprint density at radius 3 is 2.93 bits per heavy atom. The topological polar surface area (TPSA) is 44.4 Å². The lowest BCUT2D eigenvalue weighted by atomic mass is 10.0. The fourth-order valence-corrected chi connectivity index (χ4v) is 1.91. The first-order chi connectivity index (χ1) is 7.24. The van der Waals surface area contributed by atoms with Crippen molar-refractivity contribution in [1.29, 1.82) is 0 Å². The van der Waals surface area contributed by atoms with E-state index in [-0.39, 0.29) is 6.03 Å². The van der Waals surface area contributed by atoms with Gasteiger partial charge in [0.25, 0.3) is 0 Å². The maximum atomic E-state index is 11.4. The zero-order valence-corrected chi connectivity index (χ0v) is 9.88. The van der Waals surface area contributed by atoms with Crippen LogP contribution in [0.2, 0.25) is 0 Å². The molecule has 1 rings (SSSR count). The quantitative estimate of drug-likeness (QED) is 0.736. The first-order valence-corrected chi connectivity index (χ1v) is 5.96. The van der Waals surface area contributed by atoms with E-state index in [1.54, 1.807) is 4.90 Å². The molecule has 1 heterocycles. The third-order valence-corrected chi connectivity index (χ3v) is 2.90. The van der Waals surface area contributed by atoms with Crippen molar-refractivity contribution in [2.75, 3.05) is 26.7 Å². The monoisotopic (exact) mass is 213 g/mol. The van der Waals surface area contributed by atoms with Crippen molar-refractivity contribution in [3.8, 4) is 0 Å². The van der Waals surface area contributed by atoms with Crippen LogP contribution < -0.4 is 10.6 Å². The molecule has 0 spiro atoms. The van der Waals surface area contributed by atoms with E-state index in [2.05, 4.69) is 10.6 Å². The minimum Gasteiger partial charge on any atom is -0.338 e. The predicted octanol–water partition coefficient (Wildman–Crippen LogP) is 1.18. The van der Waals surface area contributed by atoms with Crippen molar-refractivity contribution >= 4 is 6.03 Å². The molecule has 1 saturated heterocycles. The van der Waals surface area contributed by atoms with Crippen molar-refractivity contribution in [2.45, 2.75) is 38.6 Å². The SMILES string of the molecule is CCNC(=O)N(C)CCC1CCCCN1. The number of nitrogens with one attached hydrogen (secondary N) is 2. The average Bonchev–Trinajstić information content (AvgIpc) is 2.27. The van der Waals surface area contributed by atoms with Gasteiger partial charge in [-0.2, -0.15) is 0 Å². The van der Waals surface area contributed by atoms with Crippen LogP contribution in [0.1, 0.15) is 32.6 Å². The molecule has 0 aromatic carbocycles. The summed E-state index contributed by atoms with van der Waals surface area (Å²) >= 11 is 0. The molecule has 88 valence electrons. The zero-order chi connectivity index (χ0) is 11.1. The van der Waals surface area contributed by atoms with Gasteiger partial charge in [-0.25, -0.2) is 4.79 Å². The smallest absolute Gasteiger partial charge is 0.317 e. The van der Waals surface area contributed by atoms with E-state index in [1.165, 1.54) is 19.3 Å². The minimum absolute atomic E-state index is 0.0355. The van der Waals surface area contributed by atoms with Crippen LogP contribution >= 0.6 is 0 Å². The Bertz CT molecular complexity index is 190. The van der Waals surface area contributed by atoms with Crippen LogP contribution in [0.15, 0.2) is 0 Å². The van der Waals surface area contributed by atoms with Gasteiger partial charge in [0.15, 0.2) is 0 Å². The lowest BCUT2D eigenvalue weighted by molar-refractivity contribution is 0.205. The second-order valence-corrected chi connectivity index (χ2v) is 4.19. The Morgan fingerprint density at radius 2 is 2.33 bits per heavy atom. The molecule has 4 heteroatoms. The fraction of sp³-hybridized carbons (Fsp3) is 0.909. The summed E-state index contributed by atoms with van der Waals surface area (Å²) in [4.78, 5) is 13.2. The predicted molar refractivity (Wildman–Crippen MR) is 62.0 cm³/mol. The second-order valence-electron chi connectivity index (χ2n) is 4.19. The summed E-state index contributed by atoms with van der Waals surface area (Å²) in [5.74, 6) is 0. The van der Waals surface area contributed by atoms with Crippen molar-refractivity contribution in [1.82, 2.24) is 15.5 Å². The van der Waals surface area contributed by atoms with Crippen molar-refractivity contribution in [3.63, 3.8) is 0 Å². The number of rotatable bonds is 4. The van der Waals surface area contributed by atoms with Crippen LogP contribution in [0.25, 0.3) is 0 Å². The van der Waals surface area contributed by atoms with Gasteiger partial charge in [0, 0.05) is 26.2 Å². The molecule has 2 N–H and O–H groups in total. The molecule has 2 amide bonds. The molecule has 1 aliphatic heterocycles. The van der Waals surface area contributed by atoms with E-state index in [9.17, 15) is 4.79 Å². The largest absolute Gasteiger partial charge is 0.338 e. The molecule has 0 aromatic heterocycles. The van der Waals surface area contributed by atoms with Gasteiger partial charge in [-0.3, -0.25) is 0 Å². The van der Waals surface area contributed by atoms with Crippen molar-refractivity contribution in [3.05, 3.63) is 0 Å². The van der Waals surface area contributed by atoms with Crippen LogP contribution in [0.3, 0.4) is 0 Å². The van der Waals surface area contributed by atoms with Gasteiger partial charge in [0.1, 0.15) is 0 Å². The van der Waals surface area contributed by atoms with Gasteiger partial charge < -0.3 is 15.5 Å². The van der Waals surface area contributed by atoms with E-state index in [4.69, 9.17) is 0 Å². The number of carbonyl (C=O) groups excluding carboxylic acids is 1. The fourth-order valence-electron chi connectivity index (χ4n) is 1.91. The molecule has 4 nitrogen and oxygen atoms in total. The Labute approximate surface area is 92.4 Å². The molecule has 15 heavy (non-hydrogen) atoms. The molecule has 1 unspecified atom stereocenters. The molecule has 0 aromatic rings. The molecule has 0 saturated carbocycles. The van der Waals surface area contributed by atoms with Gasteiger partial charge in [0.05, 0.1) is 0 Å². The average molecular weight is 213 g/mol. The van der Waals surface area contributed by atoms with Crippen LogP contribution in [0.5, 0.6) is 0 Å². The molecule has 0 aliphatic carbocycles. The number of nitrogens with zero attached hydrogens (tertiary/aromatic N) is 1. The lowest BCUT2D eigenvalue weighted by Crippen LogP contribution is -2.41. The molecule has 0 radical (unpaired) electrons. The molecular weight excluding hydrogens is 190 g/mol. The first kappa shape index (κ1) is 12.3. The number of carbonyl (C=O) groups is 1. The van der Waals surface area contributed by atoms with Crippen LogP contribution in [0, 0.1) is 0 Å². The lowest BCUT2D eigenvalue weighted by Gasteiger charge is -2.26. The summed E-state index contributed by atoms with van der Waals surface area (Å²) in [6.45, 7) is 4.61. The number of piperidine rings is 1. The minimum atomic E-state index is 0.0355. The van der Waals surface area contributed by atoms with Gasteiger partial charge in [-0.15, -0.1) is 0 Å². The number of hydrogen-bond donors (Lipinski definition) is 2. The number of amides is 2. The highest BCUT2D eigenvalue weighted by Gasteiger charge is 2.14. The van der Waals surface area contributed by atoms with E-state index < -0.39 is 0 Å². The highest BCUT2D eigenvalue weighted by atomic mass is 16.2. The van der Waals surface area contributed by atoms with Crippen molar-refractivity contribution in [2.24, 2.45) is 0 Å². The van der Waals surface area contributed by atoms with Gasteiger partial charge >= 0.3 is 6.03 Å². The summed E-state index contributed by atoms with van der Waals surface area (Å²) in [5, 5.41) is 6.29. The van der Waals surface area contributed by atoms with Crippen LogP contribution in [0.4, 0.5) is 4.79 Å². The molecule has 1 atom stereocenters. The first-order valence-electron chi connectivity index (χ1n) is 5.96. The third-order valence-electron chi connectivity index (χ3n) is 2.90. The van der Waals surface area contributed by atoms with Crippen LogP contribution in [-0.4, -0.2) is 43.7 Å². The van der Waals surface area contributed by atoms with Gasteiger partial charge in [-0.05, 0) is 32.7 Å².